The third-order valence-corrected chi connectivity index (χ3v) is 2.23. The lowest BCUT2D eigenvalue weighted by atomic mass is 10.2. The van der Waals surface area contributed by atoms with Crippen LogP contribution < -0.4 is 0 Å². The summed E-state index contributed by atoms with van der Waals surface area (Å²) in [6.45, 7) is 3.86. The number of aromatic nitrogens is 2. The van der Waals surface area contributed by atoms with Gasteiger partial charge in [-0.3, -0.25) is 0 Å². The maximum atomic E-state index is 8.87. The third-order valence-electron chi connectivity index (χ3n) is 2.23. The first kappa shape index (κ1) is 10.8. The molecule has 1 N–H and O–H groups in total. The van der Waals surface area contributed by atoms with Gasteiger partial charge >= 0.3 is 0 Å². The van der Waals surface area contributed by atoms with Crippen molar-refractivity contribution >= 4 is 0 Å². The van der Waals surface area contributed by atoms with Crippen LogP contribution in [0.15, 0.2) is 22.6 Å². The van der Waals surface area contributed by atoms with Crippen molar-refractivity contribution in [3.05, 3.63) is 35.5 Å². The van der Waals surface area contributed by atoms with E-state index < -0.39 is 0 Å². The van der Waals surface area contributed by atoms with E-state index in [9.17, 15) is 0 Å². The quantitative estimate of drug-likeness (QED) is 0.854. The molecule has 4 heteroatoms. The fourth-order valence-electron chi connectivity index (χ4n) is 1.54. The number of furan rings is 1. The standard InChI is InChI=1S/C12H14N2O2/c1-8-7-10(11-4-3-9(2)16-11)14-12(13-8)5-6-15/h3-4,7,15H,5-6H2,1-2H3. The zero-order valence-corrected chi connectivity index (χ0v) is 9.40. The van der Waals surface area contributed by atoms with Gasteiger partial charge in [0.15, 0.2) is 5.76 Å². The van der Waals surface area contributed by atoms with Crippen LogP contribution in [0, 0.1) is 13.8 Å². The van der Waals surface area contributed by atoms with E-state index in [4.69, 9.17) is 9.52 Å². The lowest BCUT2D eigenvalue weighted by Crippen LogP contribution is -2.01. The first-order valence-corrected chi connectivity index (χ1v) is 5.21. The van der Waals surface area contributed by atoms with Crippen LogP contribution in [-0.2, 0) is 6.42 Å². The van der Waals surface area contributed by atoms with Gasteiger partial charge in [-0.25, -0.2) is 9.97 Å². The SMILES string of the molecule is Cc1cc(-c2ccc(C)o2)nc(CCO)n1. The number of aliphatic hydroxyl groups excluding tert-OH is 1. The highest BCUT2D eigenvalue weighted by Crippen LogP contribution is 2.20. The predicted octanol–water partition coefficient (Wildman–Crippen LogP) is 1.89. The van der Waals surface area contributed by atoms with E-state index >= 15 is 0 Å². The van der Waals surface area contributed by atoms with Crippen molar-refractivity contribution in [2.45, 2.75) is 20.3 Å². The molecule has 0 unspecified atom stereocenters. The fraction of sp³-hybridized carbons (Fsp3) is 0.333. The molecule has 2 heterocycles. The van der Waals surface area contributed by atoms with Gasteiger partial charge in [-0.2, -0.15) is 0 Å². The van der Waals surface area contributed by atoms with Gasteiger partial charge in [0.25, 0.3) is 0 Å². The molecule has 0 spiro atoms. The second-order valence-corrected chi connectivity index (χ2v) is 3.69. The second-order valence-electron chi connectivity index (χ2n) is 3.69. The van der Waals surface area contributed by atoms with Gasteiger partial charge in [0.05, 0.1) is 6.61 Å². The van der Waals surface area contributed by atoms with Crippen LogP contribution in [0.5, 0.6) is 0 Å². The first-order chi connectivity index (χ1) is 7.69. The van der Waals surface area contributed by atoms with Crippen LogP contribution in [0.3, 0.4) is 0 Å². The minimum absolute atomic E-state index is 0.0556. The highest BCUT2D eigenvalue weighted by Gasteiger charge is 2.07. The van der Waals surface area contributed by atoms with Gasteiger partial charge < -0.3 is 9.52 Å². The fourth-order valence-corrected chi connectivity index (χ4v) is 1.54. The number of hydrogen-bond acceptors (Lipinski definition) is 4. The summed E-state index contributed by atoms with van der Waals surface area (Å²) in [5, 5.41) is 8.87. The van der Waals surface area contributed by atoms with Gasteiger partial charge in [0, 0.05) is 12.1 Å². The Labute approximate surface area is 94.0 Å². The molecule has 84 valence electrons. The van der Waals surface area contributed by atoms with Gasteiger partial charge in [-0.05, 0) is 32.0 Å². The Balaban J connectivity index is 2.40. The first-order valence-electron chi connectivity index (χ1n) is 5.21. The van der Waals surface area contributed by atoms with Crippen molar-refractivity contribution in [3.8, 4) is 11.5 Å². The molecule has 0 saturated carbocycles. The molecule has 0 aliphatic heterocycles. The smallest absolute Gasteiger partial charge is 0.152 e. The number of rotatable bonds is 3. The Hall–Kier alpha value is -1.68. The average molecular weight is 218 g/mol. The summed E-state index contributed by atoms with van der Waals surface area (Å²) in [5.74, 6) is 2.24. The monoisotopic (exact) mass is 218 g/mol. The van der Waals surface area contributed by atoms with E-state index in [2.05, 4.69) is 9.97 Å². The summed E-state index contributed by atoms with van der Waals surface area (Å²) in [5.41, 5.74) is 1.64. The largest absolute Gasteiger partial charge is 0.460 e. The molecule has 0 atom stereocenters. The summed E-state index contributed by atoms with van der Waals surface area (Å²) in [6, 6.07) is 5.66. The van der Waals surface area contributed by atoms with E-state index in [1.165, 1.54) is 0 Å². The van der Waals surface area contributed by atoms with Crippen LogP contribution in [-0.4, -0.2) is 21.7 Å². The van der Waals surface area contributed by atoms with Crippen molar-refractivity contribution in [2.24, 2.45) is 0 Å². The van der Waals surface area contributed by atoms with Crippen LogP contribution in [0.25, 0.3) is 11.5 Å². The molecule has 2 aromatic heterocycles. The Bertz CT molecular complexity index is 492. The van der Waals surface area contributed by atoms with E-state index in [0.717, 1.165) is 22.9 Å². The van der Waals surface area contributed by atoms with Crippen LogP contribution in [0.1, 0.15) is 17.3 Å². The van der Waals surface area contributed by atoms with Gasteiger partial charge in [0.1, 0.15) is 17.3 Å². The average Bonchev–Trinajstić information content (AvgIpc) is 2.64. The third kappa shape index (κ3) is 2.28. The Morgan fingerprint density at radius 1 is 1.25 bits per heavy atom. The summed E-state index contributed by atoms with van der Waals surface area (Å²) in [6.07, 6.45) is 0.467. The summed E-state index contributed by atoms with van der Waals surface area (Å²) >= 11 is 0. The molecule has 2 rings (SSSR count). The van der Waals surface area contributed by atoms with Gasteiger partial charge in [-0.15, -0.1) is 0 Å². The molecule has 0 radical (unpaired) electrons. The van der Waals surface area contributed by atoms with Gasteiger partial charge in [0.2, 0.25) is 0 Å². The number of hydrogen-bond donors (Lipinski definition) is 1. The highest BCUT2D eigenvalue weighted by molar-refractivity contribution is 5.52. The van der Waals surface area contributed by atoms with Crippen molar-refractivity contribution in [1.29, 1.82) is 0 Å². The minimum atomic E-state index is 0.0556. The summed E-state index contributed by atoms with van der Waals surface area (Å²) in [7, 11) is 0. The van der Waals surface area contributed by atoms with E-state index in [0.29, 0.717) is 12.2 Å². The zero-order valence-electron chi connectivity index (χ0n) is 9.40. The number of aryl methyl sites for hydroxylation is 2. The lowest BCUT2D eigenvalue weighted by molar-refractivity contribution is 0.296. The molecule has 0 aromatic carbocycles. The Kier molecular flexibility index (Phi) is 3.01. The molecular weight excluding hydrogens is 204 g/mol. The molecular formula is C12H14N2O2. The number of nitrogens with zero attached hydrogens (tertiary/aromatic N) is 2. The van der Waals surface area contributed by atoms with E-state index in [1.54, 1.807) is 0 Å². The van der Waals surface area contributed by atoms with Crippen molar-refractivity contribution in [3.63, 3.8) is 0 Å². The molecule has 16 heavy (non-hydrogen) atoms. The van der Waals surface area contributed by atoms with Crippen molar-refractivity contribution < 1.29 is 9.52 Å². The predicted molar refractivity (Wildman–Crippen MR) is 60.0 cm³/mol. The topological polar surface area (TPSA) is 59.2 Å². The summed E-state index contributed by atoms with van der Waals surface area (Å²) in [4.78, 5) is 8.59. The normalized spacial score (nSPS) is 10.7. The maximum absolute atomic E-state index is 8.87. The lowest BCUT2D eigenvalue weighted by Gasteiger charge is -2.02. The molecule has 4 nitrogen and oxygen atoms in total. The van der Waals surface area contributed by atoms with E-state index in [-0.39, 0.29) is 6.61 Å². The van der Waals surface area contributed by atoms with E-state index in [1.807, 2.05) is 32.0 Å². The van der Waals surface area contributed by atoms with Gasteiger partial charge in [-0.1, -0.05) is 0 Å². The van der Waals surface area contributed by atoms with Crippen LogP contribution in [0.2, 0.25) is 0 Å². The highest BCUT2D eigenvalue weighted by atomic mass is 16.3. The molecule has 0 aliphatic rings. The second kappa shape index (κ2) is 4.45. The molecule has 0 amide bonds. The number of aliphatic hydroxyl groups is 1. The van der Waals surface area contributed by atoms with Crippen molar-refractivity contribution in [2.75, 3.05) is 6.61 Å². The van der Waals surface area contributed by atoms with Crippen molar-refractivity contribution in [1.82, 2.24) is 9.97 Å². The van der Waals surface area contributed by atoms with Crippen LogP contribution in [0.4, 0.5) is 0 Å². The Morgan fingerprint density at radius 2 is 2.06 bits per heavy atom. The molecule has 0 aliphatic carbocycles. The maximum Gasteiger partial charge on any atom is 0.152 e. The Morgan fingerprint density at radius 3 is 2.69 bits per heavy atom. The molecule has 0 bridgehead atoms. The molecule has 0 saturated heterocycles. The molecule has 2 aromatic rings. The zero-order chi connectivity index (χ0) is 11.5. The molecule has 0 fully saturated rings. The minimum Gasteiger partial charge on any atom is -0.460 e. The summed E-state index contributed by atoms with van der Waals surface area (Å²) < 4.78 is 5.50. The van der Waals surface area contributed by atoms with Crippen LogP contribution >= 0.6 is 0 Å².